The molecule has 0 aromatic carbocycles. The molecule has 0 aliphatic heterocycles. The zero-order chi connectivity index (χ0) is 9.78. The Kier molecular flexibility index (Phi) is 7.72. The predicted octanol–water partition coefficient (Wildman–Crippen LogP) is 1.40. The van der Waals surface area contributed by atoms with Crippen molar-refractivity contribution >= 4 is 12.4 Å². The highest BCUT2D eigenvalue weighted by Crippen LogP contribution is 2.20. The fraction of sp³-hybridized carbons (Fsp3) is 1.00. The Labute approximate surface area is 83.0 Å². The van der Waals surface area contributed by atoms with Crippen LogP contribution in [0.1, 0.15) is 13.3 Å². The third-order valence-corrected chi connectivity index (χ3v) is 1.41. The second-order valence-corrected chi connectivity index (χ2v) is 2.78. The lowest BCUT2D eigenvalue weighted by Gasteiger charge is -2.23. The summed E-state index contributed by atoms with van der Waals surface area (Å²) in [5.74, 6) is -2.78. The number of rotatable bonds is 5. The van der Waals surface area contributed by atoms with Crippen molar-refractivity contribution in [3.63, 3.8) is 0 Å². The zero-order valence-corrected chi connectivity index (χ0v) is 8.74. The summed E-state index contributed by atoms with van der Waals surface area (Å²) in [5, 5.41) is 0. The van der Waals surface area contributed by atoms with E-state index in [2.05, 4.69) is 0 Å². The molecule has 1 atom stereocenters. The van der Waals surface area contributed by atoms with Crippen molar-refractivity contribution < 1.29 is 18.3 Å². The van der Waals surface area contributed by atoms with Crippen molar-refractivity contribution in [3.05, 3.63) is 0 Å². The van der Waals surface area contributed by atoms with Gasteiger partial charge in [-0.25, -0.2) is 8.78 Å². The van der Waals surface area contributed by atoms with Crippen LogP contribution in [0.2, 0.25) is 0 Å². The first-order chi connectivity index (χ1) is 5.40. The van der Waals surface area contributed by atoms with Crippen LogP contribution in [-0.2, 0) is 9.47 Å². The van der Waals surface area contributed by atoms with Crippen LogP contribution in [0, 0.1) is 0 Å². The lowest BCUT2D eigenvalue weighted by molar-refractivity contribution is -0.131. The summed E-state index contributed by atoms with van der Waals surface area (Å²) in [4.78, 5) is 0. The Morgan fingerprint density at radius 1 is 1.31 bits per heavy atom. The van der Waals surface area contributed by atoms with Crippen molar-refractivity contribution in [2.45, 2.75) is 31.6 Å². The average Bonchev–Trinajstić information content (AvgIpc) is 1.85. The number of hydrogen-bond donors (Lipinski definition) is 1. The zero-order valence-electron chi connectivity index (χ0n) is 7.92. The first-order valence-electron chi connectivity index (χ1n) is 3.59. The number of ether oxygens (including phenoxy) is 2. The highest BCUT2D eigenvalue weighted by molar-refractivity contribution is 5.85. The largest absolute Gasteiger partial charge is 0.354 e. The van der Waals surface area contributed by atoms with Gasteiger partial charge < -0.3 is 15.2 Å². The molecule has 0 rings (SSSR count). The Morgan fingerprint density at radius 3 is 1.92 bits per heavy atom. The molecule has 0 heterocycles. The molecule has 0 unspecified atom stereocenters. The average molecular weight is 220 g/mol. The highest BCUT2D eigenvalue weighted by atomic mass is 35.5. The number of alkyl halides is 2. The fourth-order valence-electron chi connectivity index (χ4n) is 0.956. The maximum atomic E-state index is 12.4. The molecule has 0 saturated heterocycles. The van der Waals surface area contributed by atoms with Gasteiger partial charge in [0.05, 0.1) is 6.04 Å². The minimum absolute atomic E-state index is 0. The molecule has 0 bridgehead atoms. The van der Waals surface area contributed by atoms with Crippen LogP contribution in [0.3, 0.4) is 0 Å². The van der Waals surface area contributed by atoms with E-state index in [0.717, 1.165) is 6.92 Å². The molecule has 0 aliphatic carbocycles. The van der Waals surface area contributed by atoms with Gasteiger partial charge in [-0.1, -0.05) is 0 Å². The second kappa shape index (κ2) is 6.48. The van der Waals surface area contributed by atoms with Crippen LogP contribution in [0.4, 0.5) is 8.78 Å². The summed E-state index contributed by atoms with van der Waals surface area (Å²) < 4.78 is 34.3. The molecule has 13 heavy (non-hydrogen) atoms. The maximum Gasteiger partial charge on any atom is 0.247 e. The van der Waals surface area contributed by atoms with E-state index >= 15 is 0 Å². The van der Waals surface area contributed by atoms with Crippen molar-refractivity contribution in [2.75, 3.05) is 14.2 Å². The molecule has 0 radical (unpaired) electrons. The van der Waals surface area contributed by atoms with Crippen LogP contribution in [0.15, 0.2) is 0 Å². The summed E-state index contributed by atoms with van der Waals surface area (Å²) in [7, 11) is 2.73. The lowest BCUT2D eigenvalue weighted by Crippen LogP contribution is -2.41. The maximum absolute atomic E-state index is 12.4. The molecule has 6 heteroatoms. The smallest absolute Gasteiger partial charge is 0.247 e. The van der Waals surface area contributed by atoms with Gasteiger partial charge in [-0.2, -0.15) is 0 Å². The Morgan fingerprint density at radius 2 is 1.69 bits per heavy atom. The first-order valence-corrected chi connectivity index (χ1v) is 3.59. The molecule has 0 fully saturated rings. The van der Waals surface area contributed by atoms with E-state index in [9.17, 15) is 8.78 Å². The molecule has 2 N–H and O–H groups in total. The minimum Gasteiger partial charge on any atom is -0.354 e. The predicted molar refractivity (Wildman–Crippen MR) is 48.3 cm³/mol. The summed E-state index contributed by atoms with van der Waals surface area (Å²) in [5.41, 5.74) is 5.40. The van der Waals surface area contributed by atoms with Gasteiger partial charge in [0.2, 0.25) is 5.92 Å². The molecule has 82 valence electrons. The molecule has 3 nitrogen and oxygen atoms in total. The molecule has 0 aliphatic rings. The molecule has 0 saturated carbocycles. The molecule has 0 aromatic rings. The number of methoxy groups -OCH3 is 2. The van der Waals surface area contributed by atoms with Gasteiger partial charge in [0, 0.05) is 20.6 Å². The van der Waals surface area contributed by atoms with Gasteiger partial charge in [0.15, 0.2) is 6.29 Å². The molecule has 0 aromatic heterocycles. The van der Waals surface area contributed by atoms with E-state index in [1.807, 2.05) is 0 Å². The number of halogens is 3. The Bertz CT molecular complexity index is 128. The highest BCUT2D eigenvalue weighted by Gasteiger charge is 2.29. The monoisotopic (exact) mass is 219 g/mol. The van der Waals surface area contributed by atoms with Gasteiger partial charge in [0.25, 0.3) is 0 Å². The normalized spacial score (nSPS) is 14.1. The molecule has 0 amide bonds. The fourth-order valence-corrected chi connectivity index (χ4v) is 0.956. The summed E-state index contributed by atoms with van der Waals surface area (Å²) in [6.07, 6.45) is -1.21. The van der Waals surface area contributed by atoms with Gasteiger partial charge in [0.1, 0.15) is 0 Å². The third-order valence-electron chi connectivity index (χ3n) is 1.41. The van der Waals surface area contributed by atoms with Gasteiger partial charge in [-0.15, -0.1) is 12.4 Å². The summed E-state index contributed by atoms with van der Waals surface area (Å²) >= 11 is 0. The van der Waals surface area contributed by atoms with Crippen molar-refractivity contribution in [1.29, 1.82) is 0 Å². The summed E-state index contributed by atoms with van der Waals surface area (Å²) in [6.45, 7) is 0.815. The molecule has 0 spiro atoms. The molecular formula is C7H16ClF2NO2. The standard InChI is InChI=1S/C7H15F2NO2.ClH/c1-7(8,9)4-5(10)6(11-2)12-3;/h5-6H,4,10H2,1-3H3;1H/t5-;/m0./s1. The van der Waals surface area contributed by atoms with Crippen LogP contribution < -0.4 is 5.73 Å². The van der Waals surface area contributed by atoms with E-state index in [4.69, 9.17) is 15.2 Å². The van der Waals surface area contributed by atoms with E-state index in [-0.39, 0.29) is 12.4 Å². The van der Waals surface area contributed by atoms with E-state index < -0.39 is 24.7 Å². The third kappa shape index (κ3) is 7.13. The van der Waals surface area contributed by atoms with Crippen molar-refractivity contribution in [2.24, 2.45) is 5.73 Å². The minimum atomic E-state index is -2.78. The van der Waals surface area contributed by atoms with E-state index in [1.165, 1.54) is 14.2 Å². The van der Waals surface area contributed by atoms with Gasteiger partial charge in [-0.05, 0) is 6.92 Å². The quantitative estimate of drug-likeness (QED) is 0.711. The van der Waals surface area contributed by atoms with Crippen LogP contribution >= 0.6 is 12.4 Å². The van der Waals surface area contributed by atoms with Crippen molar-refractivity contribution in [1.82, 2.24) is 0 Å². The van der Waals surface area contributed by atoms with E-state index in [0.29, 0.717) is 0 Å². The van der Waals surface area contributed by atoms with Crippen LogP contribution in [-0.4, -0.2) is 32.5 Å². The number of nitrogens with two attached hydrogens (primary N) is 1. The summed E-state index contributed by atoms with van der Waals surface area (Å²) in [6, 6.07) is -0.806. The van der Waals surface area contributed by atoms with Gasteiger partial charge in [-0.3, -0.25) is 0 Å². The first kappa shape index (κ1) is 15.5. The van der Waals surface area contributed by atoms with Crippen molar-refractivity contribution in [3.8, 4) is 0 Å². The lowest BCUT2D eigenvalue weighted by atomic mass is 10.1. The molecular weight excluding hydrogens is 204 g/mol. The Balaban J connectivity index is 0. The van der Waals surface area contributed by atoms with Crippen LogP contribution in [0.25, 0.3) is 0 Å². The topological polar surface area (TPSA) is 44.5 Å². The Hall–Kier alpha value is 0.0300. The second-order valence-electron chi connectivity index (χ2n) is 2.78. The van der Waals surface area contributed by atoms with E-state index in [1.54, 1.807) is 0 Å². The number of hydrogen-bond acceptors (Lipinski definition) is 3. The SMILES string of the molecule is COC(OC)[C@@H](N)CC(C)(F)F.Cl. The van der Waals surface area contributed by atoms with Gasteiger partial charge >= 0.3 is 0 Å². The van der Waals surface area contributed by atoms with Crippen LogP contribution in [0.5, 0.6) is 0 Å².